The summed E-state index contributed by atoms with van der Waals surface area (Å²) in [4.78, 5) is 0. The SMILES string of the molecule is c1ccc(CSNSSNSCc2ccccc2)cc1. The molecule has 6 heteroatoms. The van der Waals surface area contributed by atoms with Crippen LogP contribution in [0.3, 0.4) is 0 Å². The second-order valence-electron chi connectivity index (χ2n) is 3.88. The van der Waals surface area contributed by atoms with E-state index in [0.29, 0.717) is 0 Å². The first-order valence-corrected chi connectivity index (χ1v) is 10.2. The molecule has 20 heavy (non-hydrogen) atoms. The Morgan fingerprint density at radius 1 is 0.600 bits per heavy atom. The van der Waals surface area contributed by atoms with Gasteiger partial charge in [-0.2, -0.15) is 8.25 Å². The second kappa shape index (κ2) is 10.5. The van der Waals surface area contributed by atoms with Crippen LogP contribution in [0.15, 0.2) is 60.7 Å². The average Bonchev–Trinajstić information content (AvgIpc) is 2.52. The van der Waals surface area contributed by atoms with Crippen molar-refractivity contribution in [3.63, 3.8) is 0 Å². The lowest BCUT2D eigenvalue weighted by Crippen LogP contribution is -1.94. The predicted octanol–water partition coefficient (Wildman–Crippen LogP) is 5.07. The molecule has 0 aliphatic heterocycles. The van der Waals surface area contributed by atoms with Crippen LogP contribution in [0.4, 0.5) is 0 Å². The van der Waals surface area contributed by atoms with E-state index >= 15 is 0 Å². The maximum atomic E-state index is 3.25. The molecule has 0 atom stereocenters. The van der Waals surface area contributed by atoms with Crippen LogP contribution in [-0.2, 0) is 11.5 Å². The third kappa shape index (κ3) is 6.97. The summed E-state index contributed by atoms with van der Waals surface area (Å²) in [6.07, 6.45) is 0. The van der Waals surface area contributed by atoms with Crippen molar-refractivity contribution in [2.45, 2.75) is 11.5 Å². The first-order valence-electron chi connectivity index (χ1n) is 6.09. The van der Waals surface area contributed by atoms with E-state index in [1.54, 1.807) is 45.9 Å². The van der Waals surface area contributed by atoms with E-state index in [-0.39, 0.29) is 0 Å². The Morgan fingerprint density at radius 3 is 1.40 bits per heavy atom. The van der Waals surface area contributed by atoms with Gasteiger partial charge in [-0.05, 0) is 11.1 Å². The molecule has 0 unspecified atom stereocenters. The molecular weight excluding hydrogens is 324 g/mol. The fourth-order valence-electron chi connectivity index (χ4n) is 1.46. The van der Waals surface area contributed by atoms with Crippen LogP contribution in [0.25, 0.3) is 0 Å². The van der Waals surface area contributed by atoms with Gasteiger partial charge in [-0.1, -0.05) is 84.6 Å². The van der Waals surface area contributed by atoms with E-state index in [4.69, 9.17) is 0 Å². The summed E-state index contributed by atoms with van der Waals surface area (Å²) in [5.41, 5.74) is 2.67. The van der Waals surface area contributed by atoms with Gasteiger partial charge in [0.2, 0.25) is 0 Å². The molecule has 0 aromatic heterocycles. The maximum Gasteiger partial charge on any atom is 0.0338 e. The van der Waals surface area contributed by atoms with Crippen LogP contribution in [0.2, 0.25) is 0 Å². The molecule has 0 bridgehead atoms. The van der Waals surface area contributed by atoms with Crippen LogP contribution >= 0.6 is 45.9 Å². The summed E-state index contributed by atoms with van der Waals surface area (Å²) in [6, 6.07) is 20.9. The molecule has 0 saturated carbocycles. The van der Waals surface area contributed by atoms with Gasteiger partial charge >= 0.3 is 0 Å². The first kappa shape index (κ1) is 16.1. The Labute approximate surface area is 137 Å². The van der Waals surface area contributed by atoms with Crippen LogP contribution in [0, 0.1) is 0 Å². The summed E-state index contributed by atoms with van der Waals surface area (Å²) < 4.78 is 6.51. The van der Waals surface area contributed by atoms with Crippen LogP contribution in [0.1, 0.15) is 11.1 Å². The minimum Gasteiger partial charge on any atom is -0.197 e. The highest BCUT2D eigenvalue weighted by atomic mass is 33.1. The molecule has 0 spiro atoms. The van der Waals surface area contributed by atoms with Crippen molar-refractivity contribution >= 4 is 45.9 Å². The molecule has 2 aromatic rings. The van der Waals surface area contributed by atoms with Crippen LogP contribution in [0.5, 0.6) is 0 Å². The lowest BCUT2D eigenvalue weighted by atomic mass is 10.2. The number of rotatable bonds is 9. The number of hydrogen-bond donors (Lipinski definition) is 2. The minimum atomic E-state index is 0.978. The lowest BCUT2D eigenvalue weighted by molar-refractivity contribution is 1.41. The fourth-order valence-corrected chi connectivity index (χ4v) is 4.78. The topological polar surface area (TPSA) is 24.1 Å². The third-order valence-electron chi connectivity index (χ3n) is 2.39. The second-order valence-corrected chi connectivity index (χ2v) is 7.70. The molecule has 2 aromatic carbocycles. The summed E-state index contributed by atoms with van der Waals surface area (Å²) in [5.74, 6) is 1.96. The predicted molar refractivity (Wildman–Crippen MR) is 96.9 cm³/mol. The summed E-state index contributed by atoms with van der Waals surface area (Å²) >= 11 is 3.41. The minimum absolute atomic E-state index is 0.978. The number of hydrogen-bond acceptors (Lipinski definition) is 6. The third-order valence-corrected chi connectivity index (χ3v) is 6.39. The number of benzene rings is 2. The van der Waals surface area contributed by atoms with Gasteiger partial charge in [0.1, 0.15) is 0 Å². The van der Waals surface area contributed by atoms with Crippen LogP contribution < -0.4 is 8.25 Å². The maximum absolute atomic E-state index is 3.25. The quantitative estimate of drug-likeness (QED) is 0.375. The fraction of sp³-hybridized carbons (Fsp3) is 0.143. The molecule has 2 rings (SSSR count). The molecule has 2 nitrogen and oxygen atoms in total. The zero-order valence-electron chi connectivity index (χ0n) is 10.8. The van der Waals surface area contributed by atoms with Crippen molar-refractivity contribution in [1.29, 1.82) is 0 Å². The van der Waals surface area contributed by atoms with Crippen molar-refractivity contribution < 1.29 is 0 Å². The van der Waals surface area contributed by atoms with Gasteiger partial charge in [0.05, 0.1) is 0 Å². The zero-order valence-corrected chi connectivity index (χ0v) is 14.1. The Kier molecular flexibility index (Phi) is 8.46. The van der Waals surface area contributed by atoms with Gasteiger partial charge < -0.3 is 0 Å². The zero-order chi connectivity index (χ0) is 13.9. The summed E-state index contributed by atoms with van der Waals surface area (Å²) in [5, 5.41) is 0. The lowest BCUT2D eigenvalue weighted by Gasteiger charge is -2.04. The van der Waals surface area contributed by atoms with E-state index in [0.717, 1.165) is 11.5 Å². The molecule has 0 fully saturated rings. The first-order chi connectivity index (χ1) is 9.95. The van der Waals surface area contributed by atoms with E-state index in [2.05, 4.69) is 56.8 Å². The Balaban J connectivity index is 1.44. The van der Waals surface area contributed by atoms with Gasteiger partial charge in [0.25, 0.3) is 0 Å². The van der Waals surface area contributed by atoms with Crippen molar-refractivity contribution in [3.05, 3.63) is 71.8 Å². The molecule has 0 radical (unpaired) electrons. The molecule has 0 aliphatic carbocycles. The largest absolute Gasteiger partial charge is 0.197 e. The van der Waals surface area contributed by atoms with Crippen molar-refractivity contribution in [1.82, 2.24) is 8.25 Å². The molecule has 0 aliphatic rings. The van der Waals surface area contributed by atoms with Crippen molar-refractivity contribution in [2.24, 2.45) is 0 Å². The normalized spacial score (nSPS) is 10.6. The van der Waals surface area contributed by atoms with Gasteiger partial charge in [0.15, 0.2) is 0 Å². The highest BCUT2D eigenvalue weighted by molar-refractivity contribution is 8.77. The summed E-state index contributed by atoms with van der Waals surface area (Å²) in [7, 11) is 3.21. The van der Waals surface area contributed by atoms with Crippen molar-refractivity contribution in [3.8, 4) is 0 Å². The van der Waals surface area contributed by atoms with E-state index in [1.165, 1.54) is 11.1 Å². The van der Waals surface area contributed by atoms with Crippen molar-refractivity contribution in [2.75, 3.05) is 0 Å². The molecular formula is C14H16N2S4. The van der Waals surface area contributed by atoms with Gasteiger partial charge in [-0.25, -0.2) is 0 Å². The molecule has 0 heterocycles. The average molecular weight is 341 g/mol. The molecule has 106 valence electrons. The Hall–Kier alpha value is -0.240. The molecule has 2 N–H and O–H groups in total. The highest BCUT2D eigenvalue weighted by Crippen LogP contribution is 2.22. The Morgan fingerprint density at radius 2 is 1.00 bits per heavy atom. The van der Waals surface area contributed by atoms with Gasteiger partial charge in [-0.3, -0.25) is 0 Å². The Bertz CT molecular complexity index is 422. The smallest absolute Gasteiger partial charge is 0.0338 e. The van der Waals surface area contributed by atoms with E-state index in [9.17, 15) is 0 Å². The van der Waals surface area contributed by atoms with Gasteiger partial charge in [0, 0.05) is 33.5 Å². The number of nitrogens with one attached hydrogen (secondary N) is 2. The monoisotopic (exact) mass is 340 g/mol. The van der Waals surface area contributed by atoms with E-state index < -0.39 is 0 Å². The molecule has 0 amide bonds. The van der Waals surface area contributed by atoms with Gasteiger partial charge in [-0.15, -0.1) is 0 Å². The highest BCUT2D eigenvalue weighted by Gasteiger charge is 1.95. The van der Waals surface area contributed by atoms with Crippen LogP contribution in [-0.4, -0.2) is 0 Å². The standard InChI is InChI=1S/C14H16N2S4/c1-3-7-13(8-4-1)11-17-15-19-20-16-18-12-14-9-5-2-6-10-14/h1-10,15-16H,11-12H2. The molecule has 0 saturated heterocycles. The summed E-state index contributed by atoms with van der Waals surface area (Å²) in [6.45, 7) is 0. The van der Waals surface area contributed by atoms with E-state index in [1.807, 2.05) is 12.1 Å².